The Labute approximate surface area is 530 Å². The van der Waals surface area contributed by atoms with Crippen molar-refractivity contribution in [3.8, 4) is 0 Å². The van der Waals surface area contributed by atoms with E-state index in [0.29, 0.717) is 25.7 Å². The van der Waals surface area contributed by atoms with Gasteiger partial charge in [0.15, 0.2) is 12.2 Å². The first-order valence-electron chi connectivity index (χ1n) is 35.6. The summed E-state index contributed by atoms with van der Waals surface area (Å²) >= 11 is 0. The number of carbonyl (C=O) groups is 4. The van der Waals surface area contributed by atoms with Crippen LogP contribution < -0.4 is 0 Å². The molecule has 17 nitrogen and oxygen atoms in total. The van der Waals surface area contributed by atoms with E-state index < -0.39 is 97.5 Å². The van der Waals surface area contributed by atoms with Crippen LogP contribution in [-0.2, 0) is 65.4 Å². The molecule has 0 saturated carbocycles. The normalized spacial score (nSPS) is 14.1. The standard InChI is InChI=1S/C68H132O17P2/c1-6-9-12-15-18-20-22-23-24-25-29-34-39-44-49-54-68(73)85-64(58-79-66(71)52-47-42-37-32-30-26-28-31-36-40-45-50-61(4)5)60-83-87(76,77)81-56-62(69)55-80-86(74,75)82-59-63(57-78-65(70)51-46-41-35-17-14-11-8-3)84-67(72)53-48-43-38-33-27-21-19-16-13-10-7-2/h61-64,69H,6-60H2,1-5H3,(H,74,75)(H,76,77)/t62-,63+,64+/m0/s1. The number of aliphatic hydroxyl groups excluding tert-OH is 1. The highest BCUT2D eigenvalue weighted by Gasteiger charge is 2.30. The first-order chi connectivity index (χ1) is 42.0. The fourth-order valence-electron chi connectivity index (χ4n) is 10.3. The monoisotopic (exact) mass is 1280 g/mol. The van der Waals surface area contributed by atoms with Gasteiger partial charge in [-0.2, -0.15) is 0 Å². The summed E-state index contributed by atoms with van der Waals surface area (Å²) in [5, 5.41) is 10.6. The Bertz CT molecular complexity index is 1690. The SMILES string of the molecule is CCCCCCCCCCCCCCCCCC(=O)O[C@H](COC(=O)CCCCCCCCCCCCCC(C)C)COP(=O)(O)OC[C@@H](O)COP(=O)(O)OC[C@@H](COC(=O)CCCCCCCCC)OC(=O)CCCCCCCCCCCCC. The van der Waals surface area contributed by atoms with E-state index in [1.54, 1.807) is 0 Å². The van der Waals surface area contributed by atoms with E-state index >= 15 is 0 Å². The minimum Gasteiger partial charge on any atom is -0.462 e. The van der Waals surface area contributed by atoms with Gasteiger partial charge in [-0.25, -0.2) is 9.13 Å². The van der Waals surface area contributed by atoms with E-state index in [1.165, 1.54) is 161 Å². The molecule has 0 aromatic heterocycles. The van der Waals surface area contributed by atoms with Crippen molar-refractivity contribution in [3.63, 3.8) is 0 Å². The molecule has 516 valence electrons. The van der Waals surface area contributed by atoms with Crippen molar-refractivity contribution in [2.45, 2.75) is 368 Å². The smallest absolute Gasteiger partial charge is 0.462 e. The highest BCUT2D eigenvalue weighted by molar-refractivity contribution is 7.47. The Kier molecular flexibility index (Phi) is 60.2. The van der Waals surface area contributed by atoms with Crippen molar-refractivity contribution in [2.75, 3.05) is 39.6 Å². The number of rotatable bonds is 68. The van der Waals surface area contributed by atoms with Gasteiger partial charge < -0.3 is 33.8 Å². The lowest BCUT2D eigenvalue weighted by Crippen LogP contribution is -2.30. The average molecular weight is 1280 g/mol. The third kappa shape index (κ3) is 62.6. The summed E-state index contributed by atoms with van der Waals surface area (Å²) in [5.74, 6) is -1.36. The van der Waals surface area contributed by atoms with Crippen LogP contribution in [0.15, 0.2) is 0 Å². The first kappa shape index (κ1) is 85.1. The number of phosphoric acid groups is 2. The number of unbranched alkanes of at least 4 members (excludes halogenated alkanes) is 40. The van der Waals surface area contributed by atoms with Gasteiger partial charge in [-0.3, -0.25) is 37.3 Å². The number of hydrogen-bond donors (Lipinski definition) is 3. The van der Waals surface area contributed by atoms with E-state index in [9.17, 15) is 43.2 Å². The van der Waals surface area contributed by atoms with Crippen LogP contribution in [0.5, 0.6) is 0 Å². The molecular formula is C68H132O17P2. The minimum atomic E-state index is -4.95. The second kappa shape index (κ2) is 61.6. The van der Waals surface area contributed by atoms with Gasteiger partial charge in [0.2, 0.25) is 0 Å². The number of aliphatic hydroxyl groups is 1. The average Bonchev–Trinajstić information content (AvgIpc) is 3.66. The molecule has 0 radical (unpaired) electrons. The van der Waals surface area contributed by atoms with Crippen LogP contribution in [0.4, 0.5) is 0 Å². The second-order valence-electron chi connectivity index (χ2n) is 25.0. The summed E-state index contributed by atoms with van der Waals surface area (Å²) in [6, 6.07) is 0. The number of ether oxygens (including phenoxy) is 4. The van der Waals surface area contributed by atoms with Gasteiger partial charge in [-0.05, 0) is 31.6 Å². The van der Waals surface area contributed by atoms with Crippen molar-refractivity contribution in [1.82, 2.24) is 0 Å². The predicted octanol–water partition coefficient (Wildman–Crippen LogP) is 19.4. The minimum absolute atomic E-state index is 0.107. The summed E-state index contributed by atoms with van der Waals surface area (Å²) in [6.07, 6.45) is 47.2. The molecule has 0 saturated heterocycles. The fourth-order valence-corrected chi connectivity index (χ4v) is 11.9. The van der Waals surface area contributed by atoms with Crippen LogP contribution in [0.3, 0.4) is 0 Å². The van der Waals surface area contributed by atoms with Crippen LogP contribution in [-0.4, -0.2) is 96.7 Å². The van der Waals surface area contributed by atoms with Gasteiger partial charge in [0.1, 0.15) is 19.3 Å². The van der Waals surface area contributed by atoms with E-state index in [1.807, 2.05) is 0 Å². The van der Waals surface area contributed by atoms with Crippen molar-refractivity contribution in [1.29, 1.82) is 0 Å². The van der Waals surface area contributed by atoms with Gasteiger partial charge in [0.25, 0.3) is 0 Å². The third-order valence-corrected chi connectivity index (χ3v) is 17.7. The summed E-state index contributed by atoms with van der Waals surface area (Å²) in [4.78, 5) is 72.3. The molecule has 0 aromatic rings. The molecule has 0 aliphatic rings. The molecule has 0 rings (SSSR count). The van der Waals surface area contributed by atoms with E-state index in [0.717, 1.165) is 109 Å². The Balaban J connectivity index is 5.21. The van der Waals surface area contributed by atoms with Crippen molar-refractivity contribution in [3.05, 3.63) is 0 Å². The number of hydrogen-bond acceptors (Lipinski definition) is 15. The van der Waals surface area contributed by atoms with Gasteiger partial charge in [-0.15, -0.1) is 0 Å². The summed E-state index contributed by atoms with van der Waals surface area (Å²) < 4.78 is 68.1. The van der Waals surface area contributed by atoms with Crippen LogP contribution in [0.2, 0.25) is 0 Å². The first-order valence-corrected chi connectivity index (χ1v) is 38.6. The number of carbonyl (C=O) groups excluding carboxylic acids is 4. The zero-order chi connectivity index (χ0) is 64.2. The van der Waals surface area contributed by atoms with Crippen LogP contribution in [0.25, 0.3) is 0 Å². The highest BCUT2D eigenvalue weighted by Crippen LogP contribution is 2.45. The number of phosphoric ester groups is 2. The molecule has 0 spiro atoms. The van der Waals surface area contributed by atoms with Crippen molar-refractivity contribution in [2.24, 2.45) is 5.92 Å². The van der Waals surface area contributed by atoms with E-state index in [-0.39, 0.29) is 25.7 Å². The topological polar surface area (TPSA) is 237 Å². The Morgan fingerprint density at radius 3 is 0.782 bits per heavy atom. The van der Waals surface area contributed by atoms with Gasteiger partial charge in [-0.1, -0.05) is 298 Å². The van der Waals surface area contributed by atoms with Crippen LogP contribution >= 0.6 is 15.6 Å². The Morgan fingerprint density at radius 1 is 0.310 bits per heavy atom. The van der Waals surface area contributed by atoms with Gasteiger partial charge in [0.05, 0.1) is 26.4 Å². The van der Waals surface area contributed by atoms with Gasteiger partial charge >= 0.3 is 39.5 Å². The molecule has 0 heterocycles. The zero-order valence-corrected chi connectivity index (χ0v) is 57.9. The van der Waals surface area contributed by atoms with E-state index in [2.05, 4.69) is 34.6 Å². The highest BCUT2D eigenvalue weighted by atomic mass is 31.2. The maximum atomic E-state index is 13.0. The summed E-state index contributed by atoms with van der Waals surface area (Å²) in [6.45, 7) is 7.20. The summed E-state index contributed by atoms with van der Waals surface area (Å²) in [7, 11) is -9.89. The molecule has 5 atom stereocenters. The predicted molar refractivity (Wildman–Crippen MR) is 349 cm³/mol. The largest absolute Gasteiger partial charge is 0.472 e. The molecule has 19 heteroatoms. The second-order valence-corrected chi connectivity index (χ2v) is 27.9. The molecule has 3 N–H and O–H groups in total. The van der Waals surface area contributed by atoms with Crippen molar-refractivity contribution >= 4 is 39.5 Å². The molecule has 0 aliphatic carbocycles. The molecule has 2 unspecified atom stereocenters. The molecule has 0 bridgehead atoms. The molecule has 0 aromatic carbocycles. The molecule has 87 heavy (non-hydrogen) atoms. The van der Waals surface area contributed by atoms with Crippen molar-refractivity contribution < 1.29 is 80.2 Å². The summed E-state index contributed by atoms with van der Waals surface area (Å²) in [5.41, 5.74) is 0. The lowest BCUT2D eigenvalue weighted by molar-refractivity contribution is -0.161. The molecule has 0 aliphatic heterocycles. The molecule has 0 amide bonds. The van der Waals surface area contributed by atoms with Crippen LogP contribution in [0, 0.1) is 5.92 Å². The van der Waals surface area contributed by atoms with E-state index in [4.69, 9.17) is 37.0 Å². The fraction of sp³-hybridized carbons (Fsp3) is 0.941. The Morgan fingerprint density at radius 2 is 0.529 bits per heavy atom. The lowest BCUT2D eigenvalue weighted by Gasteiger charge is -2.21. The quantitative estimate of drug-likeness (QED) is 0.0222. The molecule has 0 fully saturated rings. The third-order valence-electron chi connectivity index (χ3n) is 15.8. The molecular weight excluding hydrogens is 1150 g/mol. The maximum Gasteiger partial charge on any atom is 0.472 e. The lowest BCUT2D eigenvalue weighted by atomic mass is 10.0. The Hall–Kier alpha value is -1.94. The maximum absolute atomic E-state index is 13.0. The zero-order valence-electron chi connectivity index (χ0n) is 56.2. The number of esters is 4. The van der Waals surface area contributed by atoms with Gasteiger partial charge in [0, 0.05) is 25.7 Å². The van der Waals surface area contributed by atoms with Crippen LogP contribution in [0.1, 0.15) is 349 Å².